The maximum absolute atomic E-state index is 10.7. The van der Waals surface area contributed by atoms with Crippen molar-refractivity contribution >= 4 is 0 Å². The van der Waals surface area contributed by atoms with Gasteiger partial charge in [0, 0.05) is 18.2 Å². The molecule has 0 bridgehead atoms. The molecule has 3 heteroatoms. The maximum atomic E-state index is 10.7. The van der Waals surface area contributed by atoms with Crippen molar-refractivity contribution in [3.8, 4) is 5.75 Å². The van der Waals surface area contributed by atoms with Crippen molar-refractivity contribution in [1.82, 2.24) is 5.32 Å². The summed E-state index contributed by atoms with van der Waals surface area (Å²) in [6.45, 7) is 6.48. The maximum Gasteiger partial charge on any atom is 0.125 e. The molecule has 0 aromatic heterocycles. The van der Waals surface area contributed by atoms with E-state index in [-0.39, 0.29) is 0 Å². The molecule has 1 fully saturated rings. The third-order valence-electron chi connectivity index (χ3n) is 3.51. The number of aryl methyl sites for hydroxylation is 2. The van der Waals surface area contributed by atoms with E-state index in [1.165, 1.54) is 12.8 Å². The molecule has 2 N–H and O–H groups in total. The van der Waals surface area contributed by atoms with Gasteiger partial charge in [0.05, 0.1) is 7.11 Å². The van der Waals surface area contributed by atoms with Gasteiger partial charge < -0.3 is 15.2 Å². The van der Waals surface area contributed by atoms with E-state index in [1.807, 2.05) is 26.8 Å². The SMILES string of the molecule is COc1cc(C)cc(C)c1C(C)(O)CNC1CC1. The molecule has 1 unspecified atom stereocenters. The molecule has 1 aliphatic rings. The van der Waals surface area contributed by atoms with E-state index < -0.39 is 5.60 Å². The molecule has 1 atom stereocenters. The lowest BCUT2D eigenvalue weighted by Gasteiger charge is -2.28. The van der Waals surface area contributed by atoms with Crippen LogP contribution in [0.25, 0.3) is 0 Å². The molecule has 0 saturated heterocycles. The van der Waals surface area contributed by atoms with Crippen LogP contribution in [0.1, 0.15) is 36.5 Å². The first-order chi connectivity index (χ1) is 8.44. The minimum atomic E-state index is -0.897. The minimum Gasteiger partial charge on any atom is -0.496 e. The Morgan fingerprint density at radius 2 is 2.06 bits per heavy atom. The summed E-state index contributed by atoms with van der Waals surface area (Å²) in [5, 5.41) is 14.1. The van der Waals surface area contributed by atoms with Crippen LogP contribution < -0.4 is 10.1 Å². The zero-order valence-electron chi connectivity index (χ0n) is 11.7. The average Bonchev–Trinajstić information content (AvgIpc) is 3.08. The second-order valence-electron chi connectivity index (χ2n) is 5.59. The zero-order valence-corrected chi connectivity index (χ0v) is 11.7. The lowest BCUT2D eigenvalue weighted by Crippen LogP contribution is -2.37. The third kappa shape index (κ3) is 2.85. The third-order valence-corrected chi connectivity index (χ3v) is 3.51. The van der Waals surface area contributed by atoms with Crippen molar-refractivity contribution in [3.63, 3.8) is 0 Å². The normalized spacial score (nSPS) is 18.5. The first-order valence-electron chi connectivity index (χ1n) is 6.55. The standard InChI is InChI=1S/C15H23NO2/c1-10-7-11(2)14(13(8-10)18-4)15(3,17)9-16-12-5-6-12/h7-8,12,16-17H,5-6,9H2,1-4H3. The number of ether oxygens (including phenoxy) is 1. The first kappa shape index (κ1) is 13.4. The lowest BCUT2D eigenvalue weighted by molar-refractivity contribution is 0.0533. The van der Waals surface area contributed by atoms with E-state index in [4.69, 9.17) is 4.74 Å². The molecule has 0 radical (unpaired) electrons. The van der Waals surface area contributed by atoms with Gasteiger partial charge in [-0.25, -0.2) is 0 Å². The van der Waals surface area contributed by atoms with Gasteiger partial charge in [-0.05, 0) is 50.8 Å². The van der Waals surface area contributed by atoms with Gasteiger partial charge in [0.15, 0.2) is 0 Å². The Bertz CT molecular complexity index is 436. The quantitative estimate of drug-likeness (QED) is 0.841. The summed E-state index contributed by atoms with van der Waals surface area (Å²) in [7, 11) is 1.65. The van der Waals surface area contributed by atoms with Gasteiger partial charge in [-0.1, -0.05) is 6.07 Å². The Balaban J connectivity index is 2.28. The average molecular weight is 249 g/mol. The smallest absolute Gasteiger partial charge is 0.125 e. The Morgan fingerprint density at radius 1 is 1.39 bits per heavy atom. The fraction of sp³-hybridized carbons (Fsp3) is 0.600. The fourth-order valence-corrected chi connectivity index (χ4v) is 2.50. The molecule has 3 nitrogen and oxygen atoms in total. The van der Waals surface area contributed by atoms with Crippen LogP contribution in [0, 0.1) is 13.8 Å². The van der Waals surface area contributed by atoms with Crippen molar-refractivity contribution in [2.45, 2.75) is 45.3 Å². The van der Waals surface area contributed by atoms with E-state index in [9.17, 15) is 5.11 Å². The van der Waals surface area contributed by atoms with Gasteiger partial charge >= 0.3 is 0 Å². The summed E-state index contributed by atoms with van der Waals surface area (Å²) in [6.07, 6.45) is 2.44. The summed E-state index contributed by atoms with van der Waals surface area (Å²) >= 11 is 0. The highest BCUT2D eigenvalue weighted by Gasteiger charge is 2.31. The predicted molar refractivity (Wildman–Crippen MR) is 73.1 cm³/mol. The van der Waals surface area contributed by atoms with Crippen molar-refractivity contribution < 1.29 is 9.84 Å². The predicted octanol–water partition coefficient (Wildman–Crippen LogP) is 2.27. The Kier molecular flexibility index (Phi) is 3.64. The molecule has 2 rings (SSSR count). The van der Waals surface area contributed by atoms with Crippen LogP contribution in [0.2, 0.25) is 0 Å². The van der Waals surface area contributed by atoms with E-state index in [2.05, 4.69) is 11.4 Å². The Hall–Kier alpha value is -1.06. The van der Waals surface area contributed by atoms with Gasteiger partial charge in [-0.15, -0.1) is 0 Å². The molecule has 1 saturated carbocycles. The van der Waals surface area contributed by atoms with E-state index >= 15 is 0 Å². The van der Waals surface area contributed by atoms with Gasteiger partial charge in [0.1, 0.15) is 11.4 Å². The van der Waals surface area contributed by atoms with Crippen molar-refractivity contribution in [2.75, 3.05) is 13.7 Å². The highest BCUT2D eigenvalue weighted by Crippen LogP contribution is 2.34. The summed E-state index contributed by atoms with van der Waals surface area (Å²) in [6, 6.07) is 4.66. The van der Waals surface area contributed by atoms with Crippen LogP contribution in [-0.4, -0.2) is 24.8 Å². The minimum absolute atomic E-state index is 0.567. The van der Waals surface area contributed by atoms with Crippen LogP contribution in [0.15, 0.2) is 12.1 Å². The van der Waals surface area contributed by atoms with Gasteiger partial charge in [-0.2, -0.15) is 0 Å². The summed E-state index contributed by atoms with van der Waals surface area (Å²) in [5.74, 6) is 0.773. The first-order valence-corrected chi connectivity index (χ1v) is 6.55. The summed E-state index contributed by atoms with van der Waals surface area (Å²) in [5.41, 5.74) is 2.23. The molecule has 0 aliphatic heterocycles. The largest absolute Gasteiger partial charge is 0.496 e. The van der Waals surface area contributed by atoms with Gasteiger partial charge in [0.25, 0.3) is 0 Å². The number of rotatable bonds is 5. The number of hydrogen-bond acceptors (Lipinski definition) is 3. The van der Waals surface area contributed by atoms with Gasteiger partial charge in [0.2, 0.25) is 0 Å². The van der Waals surface area contributed by atoms with Crippen molar-refractivity contribution in [2.24, 2.45) is 0 Å². The number of hydrogen-bond donors (Lipinski definition) is 2. The van der Waals surface area contributed by atoms with Crippen molar-refractivity contribution in [3.05, 3.63) is 28.8 Å². The molecular formula is C15H23NO2. The lowest BCUT2D eigenvalue weighted by atomic mass is 9.89. The second kappa shape index (κ2) is 4.90. The number of aliphatic hydroxyl groups is 1. The van der Waals surface area contributed by atoms with E-state index in [0.29, 0.717) is 12.6 Å². The van der Waals surface area contributed by atoms with E-state index in [1.54, 1.807) is 7.11 Å². The molecule has 1 aliphatic carbocycles. The number of methoxy groups -OCH3 is 1. The Morgan fingerprint density at radius 3 is 2.61 bits per heavy atom. The van der Waals surface area contributed by atoms with Crippen LogP contribution in [0.5, 0.6) is 5.75 Å². The van der Waals surface area contributed by atoms with Crippen molar-refractivity contribution in [1.29, 1.82) is 0 Å². The van der Waals surface area contributed by atoms with Crippen LogP contribution >= 0.6 is 0 Å². The van der Waals surface area contributed by atoms with Gasteiger partial charge in [-0.3, -0.25) is 0 Å². The second-order valence-corrected chi connectivity index (χ2v) is 5.59. The fourth-order valence-electron chi connectivity index (χ4n) is 2.50. The topological polar surface area (TPSA) is 41.5 Å². The summed E-state index contributed by atoms with van der Waals surface area (Å²) < 4.78 is 5.43. The van der Waals surface area contributed by atoms with Crippen LogP contribution in [-0.2, 0) is 5.60 Å². The zero-order chi connectivity index (χ0) is 13.3. The molecule has 18 heavy (non-hydrogen) atoms. The highest BCUT2D eigenvalue weighted by molar-refractivity contribution is 5.46. The molecule has 0 amide bonds. The molecule has 1 aromatic carbocycles. The number of benzene rings is 1. The number of nitrogens with one attached hydrogen (secondary N) is 1. The van der Waals surface area contributed by atoms with Crippen LogP contribution in [0.3, 0.4) is 0 Å². The molecule has 100 valence electrons. The molecule has 0 heterocycles. The monoisotopic (exact) mass is 249 g/mol. The molecule has 1 aromatic rings. The molecule has 0 spiro atoms. The summed E-state index contributed by atoms with van der Waals surface area (Å²) in [4.78, 5) is 0. The van der Waals surface area contributed by atoms with Crippen LogP contribution in [0.4, 0.5) is 0 Å². The molecular weight excluding hydrogens is 226 g/mol. The Labute approximate surface area is 109 Å². The highest BCUT2D eigenvalue weighted by atomic mass is 16.5. The van der Waals surface area contributed by atoms with E-state index in [0.717, 1.165) is 22.4 Å².